The summed E-state index contributed by atoms with van der Waals surface area (Å²) >= 11 is 0. The zero-order valence-corrected chi connectivity index (χ0v) is 17.3. The van der Waals surface area contributed by atoms with Crippen LogP contribution >= 0.6 is 0 Å². The topological polar surface area (TPSA) is 75.7 Å². The predicted molar refractivity (Wildman–Crippen MR) is 114 cm³/mol. The molecular weight excluding hydrogens is 407 g/mol. The second kappa shape index (κ2) is 8.96. The normalized spacial score (nSPS) is 11.0. The van der Waals surface area contributed by atoms with Gasteiger partial charge in [0, 0.05) is 11.8 Å². The van der Waals surface area contributed by atoms with E-state index in [4.69, 9.17) is 4.74 Å². The van der Waals surface area contributed by atoms with Crippen LogP contribution in [0.3, 0.4) is 0 Å². The number of rotatable bonds is 7. The lowest BCUT2D eigenvalue weighted by atomic mass is 10.2. The Morgan fingerprint density at radius 3 is 2.33 bits per heavy atom. The summed E-state index contributed by atoms with van der Waals surface area (Å²) in [6, 6.07) is 18.0. The number of nitrogens with zero attached hydrogens (tertiary/aromatic N) is 1. The highest BCUT2D eigenvalue weighted by Crippen LogP contribution is 2.25. The molecule has 0 aliphatic rings. The van der Waals surface area contributed by atoms with Gasteiger partial charge in [0.25, 0.3) is 10.0 Å². The van der Waals surface area contributed by atoms with Gasteiger partial charge in [-0.1, -0.05) is 23.8 Å². The number of carbonyl (C=O) groups excluding carboxylic acids is 1. The van der Waals surface area contributed by atoms with Crippen LogP contribution in [0.4, 0.5) is 15.8 Å². The molecule has 30 heavy (non-hydrogen) atoms. The van der Waals surface area contributed by atoms with E-state index in [2.05, 4.69) is 5.32 Å². The van der Waals surface area contributed by atoms with E-state index in [9.17, 15) is 17.6 Å². The fourth-order valence-corrected chi connectivity index (χ4v) is 4.21. The van der Waals surface area contributed by atoms with Crippen LogP contribution in [-0.4, -0.2) is 28.0 Å². The summed E-state index contributed by atoms with van der Waals surface area (Å²) in [5.74, 6) is -0.525. The molecule has 8 heteroatoms. The second-order valence-corrected chi connectivity index (χ2v) is 8.44. The summed E-state index contributed by atoms with van der Waals surface area (Å²) in [6.45, 7) is 1.41. The third-order valence-corrected chi connectivity index (χ3v) is 6.15. The molecule has 0 aliphatic carbocycles. The molecule has 0 spiro atoms. The van der Waals surface area contributed by atoms with Gasteiger partial charge in [0.1, 0.15) is 18.1 Å². The molecule has 3 aromatic rings. The number of anilines is 2. The summed E-state index contributed by atoms with van der Waals surface area (Å²) in [7, 11) is -2.59. The van der Waals surface area contributed by atoms with Gasteiger partial charge in [-0.3, -0.25) is 9.10 Å². The highest BCUT2D eigenvalue weighted by Gasteiger charge is 2.27. The third kappa shape index (κ3) is 4.96. The fourth-order valence-electron chi connectivity index (χ4n) is 2.79. The number of hydrogen-bond acceptors (Lipinski definition) is 4. The Hall–Kier alpha value is -3.39. The molecule has 6 nitrogen and oxygen atoms in total. The lowest BCUT2D eigenvalue weighted by Crippen LogP contribution is -2.38. The van der Waals surface area contributed by atoms with Crippen LogP contribution < -0.4 is 14.4 Å². The molecule has 0 saturated heterocycles. The van der Waals surface area contributed by atoms with Crippen LogP contribution in [0, 0.1) is 12.7 Å². The maximum absolute atomic E-state index is 13.3. The van der Waals surface area contributed by atoms with E-state index < -0.39 is 28.3 Å². The quantitative estimate of drug-likeness (QED) is 0.618. The van der Waals surface area contributed by atoms with Crippen LogP contribution in [-0.2, 0) is 14.8 Å². The SMILES string of the molecule is COc1cccc(NC(=O)CN(c2ccc(C)cc2)S(=O)(=O)c2ccc(F)cc2)c1. The number of carbonyl (C=O) groups is 1. The van der Waals surface area contributed by atoms with Crippen LogP contribution in [0.25, 0.3) is 0 Å². The van der Waals surface area contributed by atoms with Gasteiger partial charge in [0.05, 0.1) is 17.7 Å². The fraction of sp³-hybridized carbons (Fsp3) is 0.136. The average molecular weight is 428 g/mol. The standard InChI is InChI=1S/C22H21FN2O4S/c1-16-6-10-19(11-7-16)25(30(27,28)21-12-8-17(23)9-13-21)15-22(26)24-18-4-3-5-20(14-18)29-2/h3-14H,15H2,1-2H3,(H,24,26). The zero-order valence-electron chi connectivity index (χ0n) is 16.5. The van der Waals surface area contributed by atoms with E-state index in [1.807, 2.05) is 6.92 Å². The largest absolute Gasteiger partial charge is 0.497 e. The van der Waals surface area contributed by atoms with E-state index in [1.54, 1.807) is 48.5 Å². The third-order valence-electron chi connectivity index (χ3n) is 4.36. The Balaban J connectivity index is 1.92. The Morgan fingerprint density at radius 1 is 1.03 bits per heavy atom. The van der Waals surface area contributed by atoms with Crippen molar-refractivity contribution in [2.75, 3.05) is 23.3 Å². The summed E-state index contributed by atoms with van der Waals surface area (Å²) in [4.78, 5) is 12.6. The van der Waals surface area contributed by atoms with Crippen molar-refractivity contribution in [3.63, 3.8) is 0 Å². The maximum atomic E-state index is 13.3. The molecule has 0 heterocycles. The number of benzene rings is 3. The smallest absolute Gasteiger partial charge is 0.264 e. The van der Waals surface area contributed by atoms with Crippen molar-refractivity contribution in [2.24, 2.45) is 0 Å². The van der Waals surface area contributed by atoms with E-state index in [-0.39, 0.29) is 4.90 Å². The summed E-state index contributed by atoms with van der Waals surface area (Å²) < 4.78 is 45.8. The number of aryl methyl sites for hydroxylation is 1. The van der Waals surface area contributed by atoms with E-state index >= 15 is 0 Å². The van der Waals surface area contributed by atoms with Crippen molar-refractivity contribution in [2.45, 2.75) is 11.8 Å². The maximum Gasteiger partial charge on any atom is 0.264 e. The first-order valence-corrected chi connectivity index (χ1v) is 10.5. The lowest BCUT2D eigenvalue weighted by Gasteiger charge is -2.24. The molecule has 3 aromatic carbocycles. The number of amides is 1. The molecule has 0 unspecified atom stereocenters. The molecule has 0 atom stereocenters. The number of ether oxygens (including phenoxy) is 1. The number of halogens is 1. The Morgan fingerprint density at radius 2 is 1.70 bits per heavy atom. The number of sulfonamides is 1. The first-order valence-electron chi connectivity index (χ1n) is 9.08. The van der Waals surface area contributed by atoms with Crippen molar-refractivity contribution in [3.05, 3.63) is 84.2 Å². The van der Waals surface area contributed by atoms with Crippen LogP contribution in [0.2, 0.25) is 0 Å². The van der Waals surface area contributed by atoms with Crippen LogP contribution in [0.5, 0.6) is 5.75 Å². The van der Waals surface area contributed by atoms with Gasteiger partial charge in [-0.2, -0.15) is 0 Å². The van der Waals surface area contributed by atoms with E-state index in [0.29, 0.717) is 17.1 Å². The number of nitrogens with one attached hydrogen (secondary N) is 1. The van der Waals surface area contributed by atoms with Crippen molar-refractivity contribution in [3.8, 4) is 5.75 Å². The van der Waals surface area contributed by atoms with Gasteiger partial charge in [-0.15, -0.1) is 0 Å². The molecule has 0 aliphatic heterocycles. The second-order valence-electron chi connectivity index (χ2n) is 6.58. The Kier molecular flexibility index (Phi) is 6.37. The van der Waals surface area contributed by atoms with E-state index in [1.165, 1.54) is 19.2 Å². The summed E-state index contributed by atoms with van der Waals surface area (Å²) in [5.41, 5.74) is 1.74. The highest BCUT2D eigenvalue weighted by atomic mass is 32.2. The average Bonchev–Trinajstić information content (AvgIpc) is 2.73. The lowest BCUT2D eigenvalue weighted by molar-refractivity contribution is -0.114. The monoisotopic (exact) mass is 428 g/mol. The molecule has 0 aromatic heterocycles. The van der Waals surface area contributed by atoms with Crippen LogP contribution in [0.15, 0.2) is 77.7 Å². The minimum absolute atomic E-state index is 0.112. The summed E-state index contributed by atoms with van der Waals surface area (Å²) in [5, 5.41) is 2.68. The molecule has 156 valence electrons. The van der Waals surface area contributed by atoms with Crippen molar-refractivity contribution in [1.82, 2.24) is 0 Å². The predicted octanol–water partition coefficient (Wildman–Crippen LogP) is 3.98. The zero-order chi connectivity index (χ0) is 21.7. The van der Waals surface area contributed by atoms with E-state index in [0.717, 1.165) is 22.0 Å². The van der Waals surface area contributed by atoms with Gasteiger partial charge < -0.3 is 10.1 Å². The molecule has 0 fully saturated rings. The van der Waals surface area contributed by atoms with Gasteiger partial charge in [-0.25, -0.2) is 12.8 Å². The first-order chi connectivity index (χ1) is 14.3. The molecule has 1 amide bonds. The van der Waals surface area contributed by atoms with Gasteiger partial charge in [-0.05, 0) is 55.5 Å². The molecular formula is C22H21FN2O4S. The Bertz CT molecular complexity index is 1130. The molecule has 0 radical (unpaired) electrons. The van der Waals surface area contributed by atoms with Crippen molar-refractivity contribution in [1.29, 1.82) is 0 Å². The minimum atomic E-state index is -4.10. The first kappa shape index (κ1) is 21.3. The number of methoxy groups -OCH3 is 1. The van der Waals surface area contributed by atoms with Crippen molar-refractivity contribution >= 4 is 27.3 Å². The minimum Gasteiger partial charge on any atom is -0.497 e. The summed E-state index contributed by atoms with van der Waals surface area (Å²) in [6.07, 6.45) is 0. The molecule has 1 N–H and O–H groups in total. The number of hydrogen-bond donors (Lipinski definition) is 1. The van der Waals surface area contributed by atoms with Gasteiger partial charge in [0.2, 0.25) is 5.91 Å². The molecule has 0 saturated carbocycles. The van der Waals surface area contributed by atoms with Gasteiger partial charge >= 0.3 is 0 Å². The Labute approximate surface area is 175 Å². The molecule has 3 rings (SSSR count). The molecule has 0 bridgehead atoms. The van der Waals surface area contributed by atoms with Crippen molar-refractivity contribution < 1.29 is 22.3 Å². The van der Waals surface area contributed by atoms with Crippen LogP contribution in [0.1, 0.15) is 5.56 Å². The van der Waals surface area contributed by atoms with Gasteiger partial charge in [0.15, 0.2) is 0 Å². The highest BCUT2D eigenvalue weighted by molar-refractivity contribution is 7.92.